The summed E-state index contributed by atoms with van der Waals surface area (Å²) in [6.07, 6.45) is 5.68. The van der Waals surface area contributed by atoms with Crippen LogP contribution >= 0.6 is 15.9 Å². The lowest BCUT2D eigenvalue weighted by molar-refractivity contribution is -0.0221. The standard InChI is InChI=1S/C23H25BrF3N5O/c24-16-14-18(31-9-4-22(2-3-22)5-10-31)15(13-17(16)25)20(33)30-21-28-8-1-19(29-21)32-11-6-23(26,27)7-12-32/h1,8,13-14H,2-7,9-12H2,(H,28,29,30,33). The van der Waals surface area contributed by atoms with Crippen LogP contribution in [0.2, 0.25) is 0 Å². The fourth-order valence-electron chi connectivity index (χ4n) is 4.70. The van der Waals surface area contributed by atoms with Gasteiger partial charge in [-0.3, -0.25) is 10.1 Å². The van der Waals surface area contributed by atoms with E-state index in [9.17, 15) is 18.0 Å². The molecule has 0 atom stereocenters. The third-order valence-electron chi connectivity index (χ3n) is 7.09. The van der Waals surface area contributed by atoms with Crippen molar-refractivity contribution >= 4 is 39.3 Å². The van der Waals surface area contributed by atoms with Crippen LogP contribution in [-0.4, -0.2) is 48.0 Å². The van der Waals surface area contributed by atoms with Gasteiger partial charge < -0.3 is 9.80 Å². The Kier molecular flexibility index (Phi) is 5.74. The lowest BCUT2D eigenvalue weighted by atomic mass is 9.93. The number of carbonyl (C=O) groups excluding carboxylic acids is 1. The number of nitrogens with one attached hydrogen (secondary N) is 1. The van der Waals surface area contributed by atoms with E-state index >= 15 is 0 Å². The zero-order valence-corrected chi connectivity index (χ0v) is 19.7. The molecule has 0 unspecified atom stereocenters. The van der Waals surface area contributed by atoms with Crippen molar-refractivity contribution in [3.8, 4) is 0 Å². The Bertz CT molecular complexity index is 1060. The second-order valence-corrected chi connectivity index (χ2v) is 10.2. The molecular formula is C23H25BrF3N5O. The highest BCUT2D eigenvalue weighted by Crippen LogP contribution is 2.54. The normalized spacial score (nSPS) is 21.2. The minimum Gasteiger partial charge on any atom is -0.371 e. The van der Waals surface area contributed by atoms with Crippen molar-refractivity contribution in [1.29, 1.82) is 0 Å². The first-order valence-corrected chi connectivity index (χ1v) is 12.0. The maximum atomic E-state index is 14.4. The van der Waals surface area contributed by atoms with Gasteiger partial charge in [-0.25, -0.2) is 18.2 Å². The molecule has 33 heavy (non-hydrogen) atoms. The van der Waals surface area contributed by atoms with Gasteiger partial charge in [-0.05, 0) is 65.2 Å². The Morgan fingerprint density at radius 1 is 1.00 bits per heavy atom. The van der Waals surface area contributed by atoms with E-state index in [2.05, 4.69) is 36.1 Å². The molecule has 1 aromatic carbocycles. The molecule has 176 valence electrons. The summed E-state index contributed by atoms with van der Waals surface area (Å²) in [6.45, 7) is 2.00. The maximum absolute atomic E-state index is 14.4. The highest BCUT2D eigenvalue weighted by Gasteiger charge is 2.44. The number of hydrogen-bond acceptors (Lipinski definition) is 5. The number of benzene rings is 1. The topological polar surface area (TPSA) is 61.4 Å². The van der Waals surface area contributed by atoms with E-state index in [1.165, 1.54) is 25.1 Å². The quantitative estimate of drug-likeness (QED) is 0.593. The van der Waals surface area contributed by atoms with E-state index in [-0.39, 0.29) is 37.4 Å². The number of amides is 1. The summed E-state index contributed by atoms with van der Waals surface area (Å²) >= 11 is 3.24. The van der Waals surface area contributed by atoms with E-state index in [1.807, 2.05) is 0 Å². The predicted molar refractivity (Wildman–Crippen MR) is 124 cm³/mol. The fourth-order valence-corrected chi connectivity index (χ4v) is 5.03. The van der Waals surface area contributed by atoms with E-state index in [0.29, 0.717) is 21.4 Å². The molecule has 0 radical (unpaired) electrons. The molecule has 10 heteroatoms. The fraction of sp³-hybridized carbons (Fsp3) is 0.522. The molecule has 2 saturated heterocycles. The molecule has 3 heterocycles. The van der Waals surface area contributed by atoms with Crippen molar-refractivity contribution in [2.45, 2.75) is 44.4 Å². The molecule has 6 nitrogen and oxygen atoms in total. The Morgan fingerprint density at radius 3 is 2.33 bits per heavy atom. The van der Waals surface area contributed by atoms with Crippen LogP contribution in [0.15, 0.2) is 28.9 Å². The molecule has 1 amide bonds. The summed E-state index contributed by atoms with van der Waals surface area (Å²) in [5.74, 6) is -3.16. The number of halogens is 4. The molecule has 1 N–H and O–H groups in total. The van der Waals surface area contributed by atoms with Crippen molar-refractivity contribution in [3.63, 3.8) is 0 Å². The molecular weight excluding hydrogens is 499 g/mol. The van der Waals surface area contributed by atoms with Crippen LogP contribution in [-0.2, 0) is 0 Å². The molecule has 2 aromatic rings. The zero-order chi connectivity index (χ0) is 23.2. The second-order valence-electron chi connectivity index (χ2n) is 9.31. The molecule has 1 aromatic heterocycles. The van der Waals surface area contributed by atoms with Crippen LogP contribution in [0, 0.1) is 11.2 Å². The minimum atomic E-state index is -2.66. The van der Waals surface area contributed by atoms with Gasteiger partial charge in [0.1, 0.15) is 11.6 Å². The molecule has 3 aliphatic rings. The summed E-state index contributed by atoms with van der Waals surface area (Å²) in [7, 11) is 0. The van der Waals surface area contributed by atoms with E-state index in [1.54, 1.807) is 17.0 Å². The molecule has 1 spiro atoms. The third kappa shape index (κ3) is 4.81. The highest BCUT2D eigenvalue weighted by molar-refractivity contribution is 9.10. The van der Waals surface area contributed by atoms with Gasteiger partial charge >= 0.3 is 0 Å². The third-order valence-corrected chi connectivity index (χ3v) is 7.70. The van der Waals surface area contributed by atoms with Gasteiger partial charge in [0.2, 0.25) is 5.95 Å². The summed E-state index contributed by atoms with van der Waals surface area (Å²) in [4.78, 5) is 25.5. The number of anilines is 3. The van der Waals surface area contributed by atoms with Gasteiger partial charge in [-0.15, -0.1) is 0 Å². The molecule has 2 aliphatic heterocycles. The van der Waals surface area contributed by atoms with Gasteiger partial charge in [0, 0.05) is 45.2 Å². The summed E-state index contributed by atoms with van der Waals surface area (Å²) < 4.78 is 41.6. The van der Waals surface area contributed by atoms with E-state index in [0.717, 1.165) is 25.9 Å². The van der Waals surface area contributed by atoms with Crippen LogP contribution in [0.4, 0.5) is 30.6 Å². The Balaban J connectivity index is 1.34. The van der Waals surface area contributed by atoms with Crippen LogP contribution in [0.3, 0.4) is 0 Å². The van der Waals surface area contributed by atoms with E-state index < -0.39 is 17.6 Å². The van der Waals surface area contributed by atoms with Crippen LogP contribution in [0.25, 0.3) is 0 Å². The van der Waals surface area contributed by atoms with E-state index in [4.69, 9.17) is 0 Å². The lowest BCUT2D eigenvalue weighted by Crippen LogP contribution is -2.39. The van der Waals surface area contributed by atoms with Gasteiger partial charge in [-0.2, -0.15) is 4.98 Å². The first kappa shape index (κ1) is 22.4. The van der Waals surface area contributed by atoms with Crippen molar-refractivity contribution < 1.29 is 18.0 Å². The SMILES string of the molecule is O=C(Nc1nccc(N2CCC(F)(F)CC2)n1)c1cc(F)c(Br)cc1N1CCC2(CC1)CC2. The monoisotopic (exact) mass is 523 g/mol. The first-order valence-electron chi connectivity index (χ1n) is 11.2. The number of nitrogens with zero attached hydrogens (tertiary/aromatic N) is 4. The Labute approximate surface area is 198 Å². The van der Waals surface area contributed by atoms with Crippen molar-refractivity contribution in [2.24, 2.45) is 5.41 Å². The van der Waals surface area contributed by atoms with Crippen LogP contribution < -0.4 is 15.1 Å². The van der Waals surface area contributed by atoms with Crippen molar-refractivity contribution in [3.05, 3.63) is 40.2 Å². The van der Waals surface area contributed by atoms with Gasteiger partial charge in [-0.1, -0.05) is 0 Å². The average molecular weight is 524 g/mol. The van der Waals surface area contributed by atoms with Crippen molar-refractivity contribution in [1.82, 2.24) is 9.97 Å². The largest absolute Gasteiger partial charge is 0.371 e. The number of hydrogen-bond donors (Lipinski definition) is 1. The molecule has 1 aliphatic carbocycles. The number of aromatic nitrogens is 2. The Morgan fingerprint density at radius 2 is 1.67 bits per heavy atom. The first-order chi connectivity index (χ1) is 15.7. The van der Waals surface area contributed by atoms with Gasteiger partial charge in [0.05, 0.1) is 15.7 Å². The molecule has 0 bridgehead atoms. The zero-order valence-electron chi connectivity index (χ0n) is 18.1. The summed E-state index contributed by atoms with van der Waals surface area (Å²) in [5.41, 5.74) is 1.36. The van der Waals surface area contributed by atoms with Crippen LogP contribution in [0.1, 0.15) is 48.9 Å². The van der Waals surface area contributed by atoms with Gasteiger partial charge in [0.25, 0.3) is 11.8 Å². The summed E-state index contributed by atoms with van der Waals surface area (Å²) in [6, 6.07) is 4.51. The Hall–Kier alpha value is -2.36. The molecule has 5 rings (SSSR count). The summed E-state index contributed by atoms with van der Waals surface area (Å²) in [5, 5.41) is 2.66. The molecule has 1 saturated carbocycles. The van der Waals surface area contributed by atoms with Crippen molar-refractivity contribution in [2.75, 3.05) is 41.3 Å². The van der Waals surface area contributed by atoms with Crippen LogP contribution in [0.5, 0.6) is 0 Å². The molecule has 3 fully saturated rings. The van der Waals surface area contributed by atoms with Gasteiger partial charge in [0.15, 0.2) is 0 Å². The maximum Gasteiger partial charge on any atom is 0.260 e. The number of piperidine rings is 2. The second kappa shape index (κ2) is 8.45. The highest BCUT2D eigenvalue weighted by atomic mass is 79.9. The average Bonchev–Trinajstić information content (AvgIpc) is 3.55. The smallest absolute Gasteiger partial charge is 0.260 e. The minimum absolute atomic E-state index is 0.0553. The number of alkyl halides is 2. The predicted octanol–water partition coefficient (Wildman–Crippen LogP) is 5.25. The number of carbonyl (C=O) groups is 1. The lowest BCUT2D eigenvalue weighted by Gasteiger charge is -2.35. The number of rotatable bonds is 4.